The van der Waals surface area contributed by atoms with Crippen molar-refractivity contribution in [1.82, 2.24) is 0 Å². The Morgan fingerprint density at radius 2 is 1.94 bits per heavy atom. The van der Waals surface area contributed by atoms with Gasteiger partial charge in [0.15, 0.2) is 0 Å². The first-order chi connectivity index (χ1) is 7.91. The van der Waals surface area contributed by atoms with Gasteiger partial charge in [-0.1, -0.05) is 34.8 Å². The van der Waals surface area contributed by atoms with Crippen molar-refractivity contribution in [2.75, 3.05) is 10.6 Å². The van der Waals surface area contributed by atoms with Gasteiger partial charge in [0.05, 0.1) is 31.4 Å². The summed E-state index contributed by atoms with van der Waals surface area (Å²) in [6.07, 6.45) is -1.60. The molecule has 1 aromatic rings. The molecule has 0 aromatic heterocycles. The number of rotatable bonds is 1. The number of halogens is 3. The van der Waals surface area contributed by atoms with Crippen molar-refractivity contribution in [3.8, 4) is 0 Å². The number of hydrogen-bond acceptors (Lipinski definition) is 4. The lowest BCUT2D eigenvalue weighted by Gasteiger charge is -2.23. The van der Waals surface area contributed by atoms with Crippen molar-refractivity contribution in [3.05, 3.63) is 31.2 Å². The molecule has 2 N–H and O–H groups in total. The van der Waals surface area contributed by atoms with E-state index in [-0.39, 0.29) is 26.4 Å². The number of nitrogens with one attached hydrogen (secondary N) is 2. The molecule has 1 heterocycles. The quantitative estimate of drug-likeness (QED) is 0.474. The molecule has 1 aromatic carbocycles. The zero-order valence-corrected chi connectivity index (χ0v) is 10.2. The van der Waals surface area contributed by atoms with Crippen LogP contribution in [0.25, 0.3) is 0 Å². The van der Waals surface area contributed by atoms with Gasteiger partial charge in [-0.2, -0.15) is 0 Å². The summed E-state index contributed by atoms with van der Waals surface area (Å²) in [7, 11) is 0. The van der Waals surface area contributed by atoms with E-state index in [0.717, 1.165) is 0 Å². The SMILES string of the molecule is O=C1Nc2cc(Cl)c(Cl)c(Cl)c2NC1[N+](=O)[O-]. The Bertz CT molecular complexity index is 534. The summed E-state index contributed by atoms with van der Waals surface area (Å²) in [5.41, 5.74) is 0.440. The third-order valence-electron chi connectivity index (χ3n) is 2.16. The van der Waals surface area contributed by atoms with Crippen LogP contribution in [0.4, 0.5) is 11.4 Å². The molecule has 0 fully saturated rings. The van der Waals surface area contributed by atoms with Crippen LogP contribution in [-0.4, -0.2) is 17.0 Å². The van der Waals surface area contributed by atoms with E-state index >= 15 is 0 Å². The van der Waals surface area contributed by atoms with E-state index in [1.807, 2.05) is 0 Å². The topological polar surface area (TPSA) is 84.3 Å². The number of nitrogens with zero attached hydrogens (tertiary/aromatic N) is 1. The number of fused-ring (bicyclic) bond motifs is 1. The second-order valence-electron chi connectivity index (χ2n) is 3.23. The van der Waals surface area contributed by atoms with E-state index in [0.29, 0.717) is 0 Å². The van der Waals surface area contributed by atoms with E-state index in [1.165, 1.54) is 6.07 Å². The molecule has 1 aliphatic heterocycles. The predicted molar refractivity (Wildman–Crippen MR) is 64.5 cm³/mol. The standard InChI is InChI=1S/C8H4Cl3N3O3/c9-2-1-3-6(5(11)4(2)10)13-7(14(16)17)8(15)12-3/h1,7,13H,(H,12,15). The highest BCUT2D eigenvalue weighted by molar-refractivity contribution is 6.50. The molecule has 2 rings (SSSR count). The van der Waals surface area contributed by atoms with Crippen molar-refractivity contribution in [2.45, 2.75) is 6.17 Å². The molecule has 0 aliphatic carbocycles. The molecule has 0 spiro atoms. The Hall–Kier alpha value is -1.24. The molecule has 1 aliphatic rings. The maximum absolute atomic E-state index is 11.4. The Kier molecular flexibility index (Phi) is 3.03. The van der Waals surface area contributed by atoms with E-state index in [2.05, 4.69) is 10.6 Å². The molecule has 1 amide bonds. The molecule has 1 atom stereocenters. The van der Waals surface area contributed by atoms with Gasteiger partial charge in [-0.25, -0.2) is 0 Å². The fraction of sp³-hybridized carbons (Fsp3) is 0.125. The first-order valence-corrected chi connectivity index (χ1v) is 5.43. The fourth-order valence-corrected chi connectivity index (χ4v) is 2.05. The molecule has 0 bridgehead atoms. The lowest BCUT2D eigenvalue weighted by atomic mass is 10.2. The first kappa shape index (κ1) is 12.2. The molecular formula is C8H4Cl3N3O3. The number of hydrogen-bond donors (Lipinski definition) is 2. The Balaban J connectivity index is 2.53. The molecule has 6 nitrogen and oxygen atoms in total. The average molecular weight is 296 g/mol. The summed E-state index contributed by atoms with van der Waals surface area (Å²) in [5, 5.41) is 15.6. The molecule has 0 radical (unpaired) electrons. The number of nitro groups is 1. The molecule has 90 valence electrons. The number of benzene rings is 1. The van der Waals surface area contributed by atoms with Crippen molar-refractivity contribution < 1.29 is 9.72 Å². The van der Waals surface area contributed by atoms with Crippen molar-refractivity contribution in [3.63, 3.8) is 0 Å². The summed E-state index contributed by atoms with van der Waals surface area (Å²) >= 11 is 17.4. The summed E-state index contributed by atoms with van der Waals surface area (Å²) in [5.74, 6) is -0.794. The first-order valence-electron chi connectivity index (χ1n) is 4.30. The molecular weight excluding hydrogens is 292 g/mol. The minimum absolute atomic E-state index is 0.0287. The Morgan fingerprint density at radius 1 is 1.29 bits per heavy atom. The van der Waals surface area contributed by atoms with Crippen LogP contribution >= 0.6 is 34.8 Å². The van der Waals surface area contributed by atoms with Gasteiger partial charge in [-0.15, -0.1) is 0 Å². The van der Waals surface area contributed by atoms with Gasteiger partial charge >= 0.3 is 12.1 Å². The van der Waals surface area contributed by atoms with Crippen LogP contribution in [-0.2, 0) is 4.79 Å². The van der Waals surface area contributed by atoms with E-state index in [9.17, 15) is 14.9 Å². The highest BCUT2D eigenvalue weighted by Gasteiger charge is 2.36. The van der Waals surface area contributed by atoms with Crippen LogP contribution in [0.3, 0.4) is 0 Å². The van der Waals surface area contributed by atoms with Crippen molar-refractivity contribution >= 4 is 52.1 Å². The smallest absolute Gasteiger partial charge is 0.316 e. The number of amides is 1. The highest BCUT2D eigenvalue weighted by Crippen LogP contribution is 2.43. The lowest BCUT2D eigenvalue weighted by Crippen LogP contribution is -2.44. The molecule has 1 unspecified atom stereocenters. The van der Waals surface area contributed by atoms with Gasteiger partial charge in [-0.3, -0.25) is 14.9 Å². The van der Waals surface area contributed by atoms with Gasteiger partial charge in [0, 0.05) is 0 Å². The maximum atomic E-state index is 11.4. The predicted octanol–water partition coefficient (Wildman–Crippen LogP) is 2.61. The van der Waals surface area contributed by atoms with Gasteiger partial charge < -0.3 is 10.6 Å². The zero-order valence-electron chi connectivity index (χ0n) is 7.96. The minimum atomic E-state index is -1.60. The molecule has 17 heavy (non-hydrogen) atoms. The van der Waals surface area contributed by atoms with Crippen LogP contribution < -0.4 is 10.6 Å². The van der Waals surface area contributed by atoms with Crippen LogP contribution in [0.1, 0.15) is 0 Å². The van der Waals surface area contributed by atoms with Crippen molar-refractivity contribution in [1.29, 1.82) is 0 Å². The molecule has 9 heteroatoms. The Labute approximate surface area is 110 Å². The fourth-order valence-electron chi connectivity index (χ4n) is 1.39. The monoisotopic (exact) mass is 295 g/mol. The molecule has 0 saturated heterocycles. The molecule has 0 saturated carbocycles. The summed E-state index contributed by atoms with van der Waals surface area (Å²) < 4.78 is 0. The summed E-state index contributed by atoms with van der Waals surface area (Å²) in [6, 6.07) is 1.37. The van der Waals surface area contributed by atoms with Crippen LogP contribution in [0.15, 0.2) is 6.07 Å². The Morgan fingerprint density at radius 3 is 2.53 bits per heavy atom. The number of anilines is 2. The number of carbonyl (C=O) groups excluding carboxylic acids is 1. The van der Waals surface area contributed by atoms with E-state index in [4.69, 9.17) is 34.8 Å². The third-order valence-corrected chi connectivity index (χ3v) is 3.42. The third kappa shape index (κ3) is 1.99. The van der Waals surface area contributed by atoms with E-state index in [1.54, 1.807) is 0 Å². The van der Waals surface area contributed by atoms with Crippen LogP contribution in [0.2, 0.25) is 15.1 Å². The summed E-state index contributed by atoms with van der Waals surface area (Å²) in [4.78, 5) is 21.2. The normalized spacial score (nSPS) is 18.1. The second kappa shape index (κ2) is 4.21. The van der Waals surface area contributed by atoms with Crippen LogP contribution in [0, 0.1) is 10.1 Å². The zero-order chi connectivity index (χ0) is 12.7. The number of carbonyl (C=O) groups is 1. The maximum Gasteiger partial charge on any atom is 0.363 e. The average Bonchev–Trinajstić information content (AvgIpc) is 2.25. The van der Waals surface area contributed by atoms with E-state index < -0.39 is 17.0 Å². The van der Waals surface area contributed by atoms with Crippen molar-refractivity contribution in [2.24, 2.45) is 0 Å². The highest BCUT2D eigenvalue weighted by atomic mass is 35.5. The van der Waals surface area contributed by atoms with Gasteiger partial charge in [0.1, 0.15) is 0 Å². The lowest BCUT2D eigenvalue weighted by molar-refractivity contribution is -0.500. The minimum Gasteiger partial charge on any atom is -0.316 e. The van der Waals surface area contributed by atoms with Gasteiger partial charge in [0.2, 0.25) is 0 Å². The van der Waals surface area contributed by atoms with Crippen LogP contribution in [0.5, 0.6) is 0 Å². The second-order valence-corrected chi connectivity index (χ2v) is 4.39. The largest absolute Gasteiger partial charge is 0.363 e. The van der Waals surface area contributed by atoms with Gasteiger partial charge in [0.25, 0.3) is 0 Å². The summed E-state index contributed by atoms with van der Waals surface area (Å²) in [6.45, 7) is 0. The van der Waals surface area contributed by atoms with Gasteiger partial charge in [-0.05, 0) is 6.07 Å².